The van der Waals surface area contributed by atoms with Crippen LogP contribution in [-0.2, 0) is 12.1 Å². The van der Waals surface area contributed by atoms with E-state index in [-0.39, 0.29) is 0 Å². The Morgan fingerprint density at radius 3 is 2.62 bits per heavy atom. The van der Waals surface area contributed by atoms with Crippen molar-refractivity contribution in [3.05, 3.63) is 41.6 Å². The number of nitrogens with zero attached hydrogens (tertiary/aromatic N) is 1. The number of para-hydroxylation sites is 1. The summed E-state index contributed by atoms with van der Waals surface area (Å²) in [5, 5.41) is 11.0. The zero-order valence-electron chi connectivity index (χ0n) is 9.57. The van der Waals surface area contributed by atoms with Gasteiger partial charge in [-0.3, -0.25) is 0 Å². The molecular formula is C13H16N2O. The monoisotopic (exact) mass is 216 g/mol. The van der Waals surface area contributed by atoms with Gasteiger partial charge >= 0.3 is 0 Å². The van der Waals surface area contributed by atoms with Crippen molar-refractivity contribution in [2.75, 3.05) is 0 Å². The quantitative estimate of drug-likeness (QED) is 0.806. The molecule has 3 N–H and O–H groups in total. The molecular weight excluding hydrogens is 200 g/mol. The Bertz CT molecular complexity index is 515. The topological polar surface area (TPSA) is 59.1 Å². The molecule has 0 fully saturated rings. The molecule has 0 aliphatic rings. The van der Waals surface area contributed by atoms with Crippen molar-refractivity contribution in [1.82, 2.24) is 4.98 Å². The van der Waals surface area contributed by atoms with Gasteiger partial charge in [0.15, 0.2) is 0 Å². The molecule has 1 heterocycles. The van der Waals surface area contributed by atoms with E-state index in [0.29, 0.717) is 12.2 Å². The lowest BCUT2D eigenvalue weighted by atomic mass is 10.0. The highest BCUT2D eigenvalue weighted by Crippen LogP contribution is 2.22. The van der Waals surface area contributed by atoms with Crippen LogP contribution in [0.25, 0.3) is 10.9 Å². The van der Waals surface area contributed by atoms with Crippen LogP contribution in [0.4, 0.5) is 0 Å². The fraction of sp³-hybridized carbons (Fsp3) is 0.308. The zero-order valence-corrected chi connectivity index (χ0v) is 9.57. The number of fused-ring (bicyclic) bond motifs is 1. The Morgan fingerprint density at radius 1 is 1.25 bits per heavy atom. The molecule has 0 amide bonds. The van der Waals surface area contributed by atoms with Crippen LogP contribution >= 0.6 is 0 Å². The van der Waals surface area contributed by atoms with E-state index in [9.17, 15) is 5.11 Å². The number of nitrogens with two attached hydrogens (primary N) is 1. The van der Waals surface area contributed by atoms with Gasteiger partial charge in [-0.2, -0.15) is 0 Å². The van der Waals surface area contributed by atoms with Gasteiger partial charge in [0.25, 0.3) is 0 Å². The van der Waals surface area contributed by atoms with Crippen LogP contribution in [0.3, 0.4) is 0 Å². The van der Waals surface area contributed by atoms with Crippen molar-refractivity contribution in [3.63, 3.8) is 0 Å². The van der Waals surface area contributed by atoms with Crippen molar-refractivity contribution in [1.29, 1.82) is 0 Å². The van der Waals surface area contributed by atoms with Crippen molar-refractivity contribution in [2.24, 2.45) is 5.73 Å². The molecule has 3 heteroatoms. The summed E-state index contributed by atoms with van der Waals surface area (Å²) in [7, 11) is 0. The summed E-state index contributed by atoms with van der Waals surface area (Å²) in [5.41, 5.74) is 7.30. The molecule has 84 valence electrons. The molecule has 0 radical (unpaired) electrons. The molecule has 0 saturated heterocycles. The third-order valence-electron chi connectivity index (χ3n) is 2.65. The average Bonchev–Trinajstić information content (AvgIpc) is 2.26. The Hall–Kier alpha value is -1.45. The predicted molar refractivity (Wildman–Crippen MR) is 64.9 cm³/mol. The van der Waals surface area contributed by atoms with Crippen molar-refractivity contribution in [2.45, 2.75) is 26.0 Å². The van der Waals surface area contributed by atoms with Gasteiger partial charge in [0, 0.05) is 11.9 Å². The maximum Gasteiger partial charge on any atom is 0.101 e. The second kappa shape index (κ2) is 3.85. The van der Waals surface area contributed by atoms with Crippen LogP contribution in [0.15, 0.2) is 30.3 Å². The van der Waals surface area contributed by atoms with Crippen molar-refractivity contribution in [3.8, 4) is 0 Å². The Morgan fingerprint density at radius 2 is 2.00 bits per heavy atom. The van der Waals surface area contributed by atoms with Gasteiger partial charge in [0.2, 0.25) is 0 Å². The summed E-state index contributed by atoms with van der Waals surface area (Å²) in [6, 6.07) is 9.74. The number of benzene rings is 1. The van der Waals surface area contributed by atoms with E-state index in [2.05, 4.69) is 4.98 Å². The maximum atomic E-state index is 9.92. The number of hydrogen-bond donors (Lipinski definition) is 2. The molecule has 3 nitrogen and oxygen atoms in total. The average molecular weight is 216 g/mol. The molecule has 0 atom stereocenters. The molecule has 0 bridgehead atoms. The number of hydrogen-bond acceptors (Lipinski definition) is 3. The first-order chi connectivity index (χ1) is 7.52. The van der Waals surface area contributed by atoms with E-state index in [1.807, 2.05) is 30.3 Å². The zero-order chi connectivity index (χ0) is 11.8. The van der Waals surface area contributed by atoms with E-state index >= 15 is 0 Å². The lowest BCUT2D eigenvalue weighted by Crippen LogP contribution is -2.17. The summed E-state index contributed by atoms with van der Waals surface area (Å²) in [4.78, 5) is 4.49. The minimum atomic E-state index is -0.921. The summed E-state index contributed by atoms with van der Waals surface area (Å²) < 4.78 is 0. The number of rotatable bonds is 2. The van der Waals surface area contributed by atoms with Crippen LogP contribution in [0.2, 0.25) is 0 Å². The van der Waals surface area contributed by atoms with Crippen molar-refractivity contribution < 1.29 is 5.11 Å². The first kappa shape index (κ1) is 11.0. The number of aliphatic hydroxyl groups is 1. The van der Waals surface area contributed by atoms with Gasteiger partial charge in [-0.1, -0.05) is 24.3 Å². The molecule has 1 aromatic heterocycles. The fourth-order valence-corrected chi connectivity index (χ4v) is 1.71. The molecule has 0 aliphatic heterocycles. The smallest absolute Gasteiger partial charge is 0.101 e. The summed E-state index contributed by atoms with van der Waals surface area (Å²) >= 11 is 0. The highest BCUT2D eigenvalue weighted by atomic mass is 16.3. The summed E-state index contributed by atoms with van der Waals surface area (Å²) in [5.74, 6) is 0. The van der Waals surface area contributed by atoms with Crippen LogP contribution in [0, 0.1) is 0 Å². The normalized spacial score (nSPS) is 12.0. The molecule has 1 aromatic carbocycles. The van der Waals surface area contributed by atoms with E-state index < -0.39 is 5.60 Å². The molecule has 16 heavy (non-hydrogen) atoms. The first-order valence-electron chi connectivity index (χ1n) is 5.34. The Labute approximate surface area is 94.9 Å². The molecule has 2 aromatic rings. The molecule has 0 saturated carbocycles. The van der Waals surface area contributed by atoms with Crippen molar-refractivity contribution >= 4 is 10.9 Å². The van der Waals surface area contributed by atoms with E-state index in [1.165, 1.54) is 0 Å². The number of aromatic nitrogens is 1. The Kier molecular flexibility index (Phi) is 2.66. The number of pyridine rings is 1. The summed E-state index contributed by atoms with van der Waals surface area (Å²) in [6.07, 6.45) is 0. The lowest BCUT2D eigenvalue weighted by Gasteiger charge is -2.17. The van der Waals surface area contributed by atoms with Gasteiger partial charge in [-0.15, -0.1) is 0 Å². The van der Waals surface area contributed by atoms with Gasteiger partial charge in [0.1, 0.15) is 5.60 Å². The van der Waals surface area contributed by atoms with Gasteiger partial charge in [-0.25, -0.2) is 4.98 Å². The highest BCUT2D eigenvalue weighted by molar-refractivity contribution is 5.82. The third kappa shape index (κ3) is 1.92. The largest absolute Gasteiger partial charge is 0.384 e. The minimum absolute atomic E-state index is 0.458. The minimum Gasteiger partial charge on any atom is -0.384 e. The SMILES string of the molecule is CC(C)(O)c1ccc2cccc(CN)c2n1. The van der Waals surface area contributed by atoms with Gasteiger partial charge in [-0.05, 0) is 25.5 Å². The van der Waals surface area contributed by atoms with E-state index in [4.69, 9.17) is 5.73 Å². The van der Waals surface area contributed by atoms with Crippen LogP contribution in [-0.4, -0.2) is 10.1 Å². The van der Waals surface area contributed by atoms with Crippen LogP contribution in [0.5, 0.6) is 0 Å². The van der Waals surface area contributed by atoms with E-state index in [0.717, 1.165) is 16.5 Å². The van der Waals surface area contributed by atoms with Crippen LogP contribution < -0.4 is 5.73 Å². The first-order valence-corrected chi connectivity index (χ1v) is 5.34. The van der Waals surface area contributed by atoms with E-state index in [1.54, 1.807) is 13.8 Å². The molecule has 0 aliphatic carbocycles. The van der Waals surface area contributed by atoms with Gasteiger partial charge < -0.3 is 10.8 Å². The lowest BCUT2D eigenvalue weighted by molar-refractivity contribution is 0.0742. The molecule has 2 rings (SSSR count). The summed E-state index contributed by atoms with van der Waals surface area (Å²) in [6.45, 7) is 3.91. The second-order valence-corrected chi connectivity index (χ2v) is 4.45. The Balaban J connectivity index is 2.68. The third-order valence-corrected chi connectivity index (χ3v) is 2.65. The highest BCUT2D eigenvalue weighted by Gasteiger charge is 2.18. The fourth-order valence-electron chi connectivity index (χ4n) is 1.71. The van der Waals surface area contributed by atoms with Gasteiger partial charge in [0.05, 0.1) is 11.2 Å². The molecule has 0 unspecified atom stereocenters. The van der Waals surface area contributed by atoms with Crippen LogP contribution in [0.1, 0.15) is 25.1 Å². The predicted octanol–water partition coefficient (Wildman–Crippen LogP) is 1.92. The standard InChI is InChI=1S/C13H16N2O/c1-13(2,16)11-7-6-9-4-3-5-10(8-14)12(9)15-11/h3-7,16H,8,14H2,1-2H3. The second-order valence-electron chi connectivity index (χ2n) is 4.45. The molecule has 0 spiro atoms. The maximum absolute atomic E-state index is 9.92.